The molecule has 0 bridgehead atoms. The summed E-state index contributed by atoms with van der Waals surface area (Å²) in [5.41, 5.74) is 1.43. The molecule has 1 unspecified atom stereocenters. The molecule has 1 atom stereocenters. The lowest BCUT2D eigenvalue weighted by molar-refractivity contribution is 0.198. The molecule has 1 aromatic rings. The smallest absolute Gasteiger partial charge is 0.0587 e. The highest BCUT2D eigenvalue weighted by Crippen LogP contribution is 2.28. The molecule has 1 aromatic carbocycles. The van der Waals surface area contributed by atoms with Gasteiger partial charge in [0.05, 0.1) is 6.61 Å². The van der Waals surface area contributed by atoms with E-state index in [0.29, 0.717) is 5.92 Å². The van der Waals surface area contributed by atoms with Crippen molar-refractivity contribution in [2.24, 2.45) is 5.92 Å². The Labute approximate surface area is 132 Å². The summed E-state index contributed by atoms with van der Waals surface area (Å²) in [4.78, 5) is 0. The van der Waals surface area contributed by atoms with E-state index in [1.54, 1.807) is 7.11 Å². The van der Waals surface area contributed by atoms with Crippen molar-refractivity contribution in [2.45, 2.75) is 39.0 Å². The quantitative estimate of drug-likeness (QED) is 0.628. The normalized spacial score (nSPS) is 12.8. The van der Waals surface area contributed by atoms with Crippen LogP contribution in [0.15, 0.2) is 28.7 Å². The summed E-state index contributed by atoms with van der Waals surface area (Å²) in [6.45, 7) is 7.31. The third-order valence-corrected chi connectivity index (χ3v) is 4.46. The van der Waals surface area contributed by atoms with Crippen molar-refractivity contribution in [1.82, 2.24) is 5.32 Å². The average molecular weight is 342 g/mol. The first-order valence-electron chi connectivity index (χ1n) is 7.66. The number of benzene rings is 1. The van der Waals surface area contributed by atoms with Gasteiger partial charge in [0.1, 0.15) is 0 Å². The molecule has 0 amide bonds. The molecule has 1 rings (SSSR count). The third kappa shape index (κ3) is 6.38. The van der Waals surface area contributed by atoms with Crippen LogP contribution in [0.5, 0.6) is 0 Å². The number of ether oxygens (including phenoxy) is 1. The largest absolute Gasteiger partial charge is 0.383 e. The third-order valence-electron chi connectivity index (χ3n) is 3.97. The molecule has 0 saturated heterocycles. The highest BCUT2D eigenvalue weighted by atomic mass is 79.9. The van der Waals surface area contributed by atoms with Crippen molar-refractivity contribution in [3.05, 3.63) is 34.3 Å². The van der Waals surface area contributed by atoms with Gasteiger partial charge in [-0.2, -0.15) is 0 Å². The van der Waals surface area contributed by atoms with Crippen molar-refractivity contribution < 1.29 is 4.74 Å². The molecule has 0 aromatic heterocycles. The minimum atomic E-state index is 0.578. The average Bonchev–Trinajstić information content (AvgIpc) is 2.46. The SMILES string of the molecule is CCC(CC)CC(CNCCOC)c1cccc(Br)c1. The molecule has 2 nitrogen and oxygen atoms in total. The molecule has 114 valence electrons. The van der Waals surface area contributed by atoms with E-state index in [4.69, 9.17) is 4.74 Å². The van der Waals surface area contributed by atoms with E-state index in [1.165, 1.54) is 29.3 Å². The number of nitrogens with one attached hydrogen (secondary N) is 1. The lowest BCUT2D eigenvalue weighted by Crippen LogP contribution is -2.26. The summed E-state index contributed by atoms with van der Waals surface area (Å²) in [6.07, 6.45) is 3.78. The van der Waals surface area contributed by atoms with Gasteiger partial charge >= 0.3 is 0 Å². The molecule has 3 heteroatoms. The maximum atomic E-state index is 5.10. The second-order valence-corrected chi connectivity index (χ2v) is 6.28. The maximum Gasteiger partial charge on any atom is 0.0587 e. The Morgan fingerprint density at radius 1 is 1.25 bits per heavy atom. The van der Waals surface area contributed by atoms with Crippen LogP contribution in [0.4, 0.5) is 0 Å². The fourth-order valence-corrected chi connectivity index (χ4v) is 2.99. The van der Waals surface area contributed by atoms with Crippen LogP contribution in [0, 0.1) is 5.92 Å². The van der Waals surface area contributed by atoms with Crippen molar-refractivity contribution in [3.8, 4) is 0 Å². The summed E-state index contributed by atoms with van der Waals surface area (Å²) >= 11 is 3.58. The Bertz CT molecular complexity index is 366. The molecular weight excluding hydrogens is 314 g/mol. The zero-order chi connectivity index (χ0) is 14.8. The number of hydrogen-bond acceptors (Lipinski definition) is 2. The van der Waals surface area contributed by atoms with Gasteiger partial charge in [-0.05, 0) is 36.0 Å². The van der Waals surface area contributed by atoms with E-state index in [0.717, 1.165) is 25.6 Å². The molecule has 0 saturated carbocycles. The van der Waals surface area contributed by atoms with Gasteiger partial charge in [0.2, 0.25) is 0 Å². The van der Waals surface area contributed by atoms with E-state index in [1.807, 2.05) is 0 Å². The van der Waals surface area contributed by atoms with E-state index in [2.05, 4.69) is 59.4 Å². The Hall–Kier alpha value is -0.380. The Balaban J connectivity index is 2.67. The van der Waals surface area contributed by atoms with Gasteiger partial charge in [-0.1, -0.05) is 54.8 Å². The minimum absolute atomic E-state index is 0.578. The second-order valence-electron chi connectivity index (χ2n) is 5.37. The summed E-state index contributed by atoms with van der Waals surface area (Å²) in [5.74, 6) is 1.39. The van der Waals surface area contributed by atoms with Crippen molar-refractivity contribution in [3.63, 3.8) is 0 Å². The predicted octanol–water partition coefficient (Wildman–Crippen LogP) is 4.60. The number of halogens is 1. The molecule has 0 aliphatic carbocycles. The first kappa shape index (κ1) is 17.7. The number of hydrogen-bond donors (Lipinski definition) is 1. The zero-order valence-corrected chi connectivity index (χ0v) is 14.6. The molecule has 0 spiro atoms. The fraction of sp³-hybridized carbons (Fsp3) is 0.647. The van der Waals surface area contributed by atoms with E-state index < -0.39 is 0 Å². The summed E-state index contributed by atoms with van der Waals surface area (Å²) in [7, 11) is 1.75. The van der Waals surface area contributed by atoms with Crippen LogP contribution in [-0.2, 0) is 4.74 Å². The van der Waals surface area contributed by atoms with E-state index in [-0.39, 0.29) is 0 Å². The lowest BCUT2D eigenvalue weighted by atomic mass is 9.86. The van der Waals surface area contributed by atoms with Crippen molar-refractivity contribution in [1.29, 1.82) is 0 Å². The topological polar surface area (TPSA) is 21.3 Å². The lowest BCUT2D eigenvalue weighted by Gasteiger charge is -2.23. The van der Waals surface area contributed by atoms with Gasteiger partial charge in [-0.3, -0.25) is 0 Å². The maximum absolute atomic E-state index is 5.10. The molecule has 1 N–H and O–H groups in total. The summed E-state index contributed by atoms with van der Waals surface area (Å²) < 4.78 is 6.27. The molecule has 0 fully saturated rings. The zero-order valence-electron chi connectivity index (χ0n) is 13.0. The predicted molar refractivity (Wildman–Crippen MR) is 90.3 cm³/mol. The molecule has 20 heavy (non-hydrogen) atoms. The van der Waals surface area contributed by atoms with Gasteiger partial charge in [0.15, 0.2) is 0 Å². The van der Waals surface area contributed by atoms with Crippen LogP contribution in [0.3, 0.4) is 0 Å². The van der Waals surface area contributed by atoms with Crippen LogP contribution >= 0.6 is 15.9 Å². The second kappa shape index (κ2) is 10.4. The van der Waals surface area contributed by atoms with Crippen LogP contribution in [0.2, 0.25) is 0 Å². The monoisotopic (exact) mass is 341 g/mol. The van der Waals surface area contributed by atoms with Crippen LogP contribution in [0.25, 0.3) is 0 Å². The Morgan fingerprint density at radius 3 is 2.60 bits per heavy atom. The molecule has 0 aliphatic heterocycles. The van der Waals surface area contributed by atoms with E-state index in [9.17, 15) is 0 Å². The van der Waals surface area contributed by atoms with Gasteiger partial charge in [0.25, 0.3) is 0 Å². The Morgan fingerprint density at radius 2 is 2.00 bits per heavy atom. The van der Waals surface area contributed by atoms with Crippen molar-refractivity contribution in [2.75, 3.05) is 26.8 Å². The van der Waals surface area contributed by atoms with Gasteiger partial charge in [-0.25, -0.2) is 0 Å². The first-order chi connectivity index (χ1) is 9.71. The molecule has 0 aliphatic rings. The van der Waals surface area contributed by atoms with Crippen LogP contribution in [-0.4, -0.2) is 26.8 Å². The van der Waals surface area contributed by atoms with Crippen molar-refractivity contribution >= 4 is 15.9 Å². The molecular formula is C17H28BrNO. The highest BCUT2D eigenvalue weighted by molar-refractivity contribution is 9.10. The molecule has 0 radical (unpaired) electrons. The van der Waals surface area contributed by atoms with Gasteiger partial charge in [0, 0.05) is 24.7 Å². The summed E-state index contributed by atoms with van der Waals surface area (Å²) in [5, 5.41) is 3.52. The van der Waals surface area contributed by atoms with Crippen LogP contribution in [0.1, 0.15) is 44.6 Å². The standard InChI is InChI=1S/C17H28BrNO/c1-4-14(5-2)11-16(13-19-9-10-20-3)15-7-6-8-17(18)12-15/h6-8,12,14,16,19H,4-5,9-11,13H2,1-3H3. The van der Waals surface area contributed by atoms with Gasteiger partial charge < -0.3 is 10.1 Å². The summed E-state index contributed by atoms with van der Waals surface area (Å²) in [6, 6.07) is 8.73. The van der Waals surface area contributed by atoms with Gasteiger partial charge in [-0.15, -0.1) is 0 Å². The Kier molecular flexibility index (Phi) is 9.16. The fourth-order valence-electron chi connectivity index (χ4n) is 2.57. The first-order valence-corrected chi connectivity index (χ1v) is 8.45. The highest BCUT2D eigenvalue weighted by Gasteiger charge is 2.16. The molecule has 0 heterocycles. The minimum Gasteiger partial charge on any atom is -0.383 e. The van der Waals surface area contributed by atoms with Crippen LogP contribution < -0.4 is 5.32 Å². The number of rotatable bonds is 10. The number of methoxy groups -OCH3 is 1. The van der Waals surface area contributed by atoms with E-state index >= 15 is 0 Å².